The lowest BCUT2D eigenvalue weighted by Gasteiger charge is -2.29. The summed E-state index contributed by atoms with van der Waals surface area (Å²) in [6.07, 6.45) is 6.05. The minimum Gasteiger partial charge on any atom is -0.155 e. The monoisotopic (exact) mass is 170 g/mol. The highest BCUT2D eigenvalue weighted by atomic mass is 32.2. The van der Waals surface area contributed by atoms with Gasteiger partial charge in [0, 0.05) is 10.5 Å². The molecule has 2 atom stereocenters. The molecular formula is C10H18S. The maximum Gasteiger partial charge on any atom is 0.00529 e. The van der Waals surface area contributed by atoms with Crippen LogP contribution < -0.4 is 0 Å². The van der Waals surface area contributed by atoms with Crippen molar-refractivity contribution >= 4 is 11.8 Å². The molecule has 0 aromatic rings. The summed E-state index contributed by atoms with van der Waals surface area (Å²) in [6.45, 7) is 4.78. The molecule has 0 N–H and O–H groups in total. The van der Waals surface area contributed by atoms with Crippen molar-refractivity contribution in [3.8, 4) is 0 Å². The molecule has 2 saturated heterocycles. The van der Waals surface area contributed by atoms with Gasteiger partial charge in [-0.2, -0.15) is 11.8 Å². The summed E-state index contributed by atoms with van der Waals surface area (Å²) in [6, 6.07) is 0. The average molecular weight is 170 g/mol. The Balaban J connectivity index is 1.97. The lowest BCUT2D eigenvalue weighted by atomic mass is 9.88. The lowest BCUT2D eigenvalue weighted by molar-refractivity contribution is 0.339. The van der Waals surface area contributed by atoms with Gasteiger partial charge in [-0.25, -0.2) is 0 Å². The topological polar surface area (TPSA) is 0 Å². The van der Waals surface area contributed by atoms with Crippen molar-refractivity contribution in [2.75, 3.05) is 0 Å². The zero-order valence-corrected chi connectivity index (χ0v) is 8.36. The molecule has 2 aliphatic rings. The third-order valence-electron chi connectivity index (χ3n) is 3.27. The Morgan fingerprint density at radius 1 is 1.09 bits per heavy atom. The van der Waals surface area contributed by atoms with Gasteiger partial charge in [0.2, 0.25) is 0 Å². The smallest absolute Gasteiger partial charge is 0.00529 e. The van der Waals surface area contributed by atoms with Gasteiger partial charge in [0.15, 0.2) is 0 Å². The van der Waals surface area contributed by atoms with Crippen LogP contribution in [0.25, 0.3) is 0 Å². The SMILES string of the molecule is CC(C)C1CC2CCC(C1)S2. The van der Waals surface area contributed by atoms with Gasteiger partial charge in [-0.05, 0) is 37.5 Å². The van der Waals surface area contributed by atoms with Crippen molar-refractivity contribution in [2.45, 2.75) is 50.0 Å². The highest BCUT2D eigenvalue weighted by molar-refractivity contribution is 8.00. The Morgan fingerprint density at radius 3 is 2.09 bits per heavy atom. The van der Waals surface area contributed by atoms with Crippen LogP contribution in [0.15, 0.2) is 0 Å². The maximum absolute atomic E-state index is 2.39. The molecule has 2 bridgehead atoms. The highest BCUT2D eigenvalue weighted by Gasteiger charge is 2.35. The Hall–Kier alpha value is 0.350. The fourth-order valence-electron chi connectivity index (χ4n) is 2.44. The molecule has 1 heteroatoms. The van der Waals surface area contributed by atoms with Crippen LogP contribution in [0.3, 0.4) is 0 Å². The van der Waals surface area contributed by atoms with Crippen LogP contribution in [0.2, 0.25) is 0 Å². The number of fused-ring (bicyclic) bond motifs is 2. The van der Waals surface area contributed by atoms with E-state index in [2.05, 4.69) is 25.6 Å². The quantitative estimate of drug-likeness (QED) is 0.582. The second kappa shape index (κ2) is 3.01. The molecule has 0 nitrogen and oxygen atoms in total. The van der Waals surface area contributed by atoms with Crippen LogP contribution in [-0.2, 0) is 0 Å². The Labute approximate surface area is 74.1 Å². The Kier molecular flexibility index (Phi) is 2.18. The summed E-state index contributed by atoms with van der Waals surface area (Å²) in [5.74, 6) is 1.98. The van der Waals surface area contributed by atoms with Gasteiger partial charge in [0.05, 0.1) is 0 Å². The van der Waals surface area contributed by atoms with Crippen LogP contribution >= 0.6 is 11.8 Å². The van der Waals surface area contributed by atoms with Gasteiger partial charge in [0.1, 0.15) is 0 Å². The first-order chi connectivity index (χ1) is 5.25. The predicted molar refractivity (Wildman–Crippen MR) is 52.0 cm³/mol. The molecule has 11 heavy (non-hydrogen) atoms. The summed E-state index contributed by atoms with van der Waals surface area (Å²) in [4.78, 5) is 0. The van der Waals surface area contributed by atoms with Crippen LogP contribution in [0.4, 0.5) is 0 Å². The fraction of sp³-hybridized carbons (Fsp3) is 1.00. The normalized spacial score (nSPS) is 43.4. The van der Waals surface area contributed by atoms with E-state index >= 15 is 0 Å². The van der Waals surface area contributed by atoms with Gasteiger partial charge in [-0.3, -0.25) is 0 Å². The van der Waals surface area contributed by atoms with Gasteiger partial charge in [-0.15, -0.1) is 0 Å². The van der Waals surface area contributed by atoms with E-state index in [-0.39, 0.29) is 0 Å². The van der Waals surface area contributed by atoms with Crippen molar-refractivity contribution in [3.63, 3.8) is 0 Å². The van der Waals surface area contributed by atoms with Crippen molar-refractivity contribution in [1.29, 1.82) is 0 Å². The molecule has 2 fully saturated rings. The van der Waals surface area contributed by atoms with Gasteiger partial charge in [0.25, 0.3) is 0 Å². The van der Waals surface area contributed by atoms with Gasteiger partial charge < -0.3 is 0 Å². The summed E-state index contributed by atoms with van der Waals surface area (Å²) in [5, 5.41) is 2.09. The van der Waals surface area contributed by atoms with Crippen LogP contribution in [0, 0.1) is 11.8 Å². The molecule has 0 saturated carbocycles. The van der Waals surface area contributed by atoms with Crippen LogP contribution in [-0.4, -0.2) is 10.5 Å². The number of hydrogen-bond acceptors (Lipinski definition) is 1. The maximum atomic E-state index is 2.39. The molecular weight excluding hydrogens is 152 g/mol. The van der Waals surface area contributed by atoms with E-state index in [0.29, 0.717) is 0 Å². The molecule has 0 aromatic carbocycles. The van der Waals surface area contributed by atoms with E-state index in [1.54, 1.807) is 0 Å². The molecule has 0 radical (unpaired) electrons. The first kappa shape index (κ1) is 7.97. The molecule has 0 aliphatic carbocycles. The zero-order chi connectivity index (χ0) is 7.84. The number of thioether (sulfide) groups is 1. The predicted octanol–water partition coefficient (Wildman–Crippen LogP) is 3.32. The van der Waals surface area contributed by atoms with E-state index in [1.807, 2.05) is 0 Å². The molecule has 0 amide bonds. The standard InChI is InChI=1S/C10H18S/c1-7(2)8-5-9-3-4-10(6-8)11-9/h7-10H,3-6H2,1-2H3. The minimum atomic E-state index is 0.930. The number of hydrogen-bond donors (Lipinski definition) is 0. The Bertz CT molecular complexity index is 130. The van der Waals surface area contributed by atoms with E-state index < -0.39 is 0 Å². The minimum absolute atomic E-state index is 0.930. The van der Waals surface area contributed by atoms with Gasteiger partial charge in [-0.1, -0.05) is 13.8 Å². The molecule has 2 unspecified atom stereocenters. The molecule has 2 rings (SSSR count). The van der Waals surface area contributed by atoms with Crippen molar-refractivity contribution in [2.24, 2.45) is 11.8 Å². The van der Waals surface area contributed by atoms with Crippen molar-refractivity contribution < 1.29 is 0 Å². The molecule has 0 spiro atoms. The average Bonchev–Trinajstić information content (AvgIpc) is 2.30. The van der Waals surface area contributed by atoms with E-state index in [0.717, 1.165) is 22.3 Å². The number of rotatable bonds is 1. The van der Waals surface area contributed by atoms with Crippen molar-refractivity contribution in [1.82, 2.24) is 0 Å². The van der Waals surface area contributed by atoms with Gasteiger partial charge >= 0.3 is 0 Å². The second-order valence-electron chi connectivity index (χ2n) is 4.43. The summed E-state index contributed by atoms with van der Waals surface area (Å²) < 4.78 is 0. The summed E-state index contributed by atoms with van der Waals surface area (Å²) in [7, 11) is 0. The molecule has 0 aromatic heterocycles. The third kappa shape index (κ3) is 1.58. The first-order valence-corrected chi connectivity index (χ1v) is 5.85. The first-order valence-electron chi connectivity index (χ1n) is 4.91. The van der Waals surface area contributed by atoms with E-state index in [9.17, 15) is 0 Å². The lowest BCUT2D eigenvalue weighted by Crippen LogP contribution is -2.21. The molecule has 2 heterocycles. The molecule has 64 valence electrons. The third-order valence-corrected chi connectivity index (χ3v) is 4.90. The van der Waals surface area contributed by atoms with Crippen molar-refractivity contribution in [3.05, 3.63) is 0 Å². The van der Waals surface area contributed by atoms with Crippen LogP contribution in [0.5, 0.6) is 0 Å². The van der Waals surface area contributed by atoms with E-state index in [4.69, 9.17) is 0 Å². The molecule has 2 aliphatic heterocycles. The largest absolute Gasteiger partial charge is 0.155 e. The highest BCUT2D eigenvalue weighted by Crippen LogP contribution is 2.47. The second-order valence-corrected chi connectivity index (χ2v) is 6.04. The summed E-state index contributed by atoms with van der Waals surface area (Å²) in [5.41, 5.74) is 0. The van der Waals surface area contributed by atoms with E-state index in [1.165, 1.54) is 25.7 Å². The zero-order valence-electron chi connectivity index (χ0n) is 7.55. The summed E-state index contributed by atoms with van der Waals surface area (Å²) >= 11 is 2.27. The van der Waals surface area contributed by atoms with Crippen LogP contribution in [0.1, 0.15) is 39.5 Å². The Morgan fingerprint density at radius 2 is 1.64 bits per heavy atom. The fourth-order valence-corrected chi connectivity index (χ4v) is 4.25.